The van der Waals surface area contributed by atoms with E-state index in [0.717, 1.165) is 28.0 Å². The van der Waals surface area contributed by atoms with Gasteiger partial charge in [0, 0.05) is 28.2 Å². The van der Waals surface area contributed by atoms with Crippen LogP contribution in [0.5, 0.6) is 5.75 Å². The van der Waals surface area contributed by atoms with Gasteiger partial charge in [0.15, 0.2) is 0 Å². The molecule has 0 bridgehead atoms. The molecule has 5 rings (SSSR count). The van der Waals surface area contributed by atoms with E-state index in [4.69, 9.17) is 9.84 Å². The standard InChI is InChI=1S/C25H17N3O4S/c29-24(25(30)31)21-13-28(23-4-2-1-3-20(21)23)18-9-11-19(12-10-18)32-14-16-5-7-17(8-6-16)22-15-33-27-26-22/h1-13,15H,14H2,(H,30,31). The first-order valence-corrected chi connectivity index (χ1v) is 10.9. The van der Waals surface area contributed by atoms with Gasteiger partial charge in [-0.2, -0.15) is 0 Å². The lowest BCUT2D eigenvalue weighted by atomic mass is 10.1. The first kappa shape index (κ1) is 20.6. The fraction of sp³-hybridized carbons (Fsp3) is 0.0400. The number of aromatic nitrogens is 3. The molecular weight excluding hydrogens is 438 g/mol. The zero-order valence-corrected chi connectivity index (χ0v) is 18.0. The first-order valence-electron chi connectivity index (χ1n) is 10.1. The highest BCUT2D eigenvalue weighted by molar-refractivity contribution is 7.03. The van der Waals surface area contributed by atoms with E-state index in [2.05, 4.69) is 9.59 Å². The highest BCUT2D eigenvalue weighted by Crippen LogP contribution is 2.27. The van der Waals surface area contributed by atoms with Crippen molar-refractivity contribution in [1.29, 1.82) is 0 Å². The van der Waals surface area contributed by atoms with Crippen LogP contribution in [0, 0.1) is 0 Å². The summed E-state index contributed by atoms with van der Waals surface area (Å²) in [5.74, 6) is -1.70. The van der Waals surface area contributed by atoms with Crippen molar-refractivity contribution in [3.8, 4) is 22.7 Å². The van der Waals surface area contributed by atoms with Crippen LogP contribution in [0.25, 0.3) is 27.8 Å². The zero-order chi connectivity index (χ0) is 22.8. The second-order valence-corrected chi connectivity index (χ2v) is 7.94. The maximum atomic E-state index is 12.1. The lowest BCUT2D eigenvalue weighted by molar-refractivity contribution is -0.131. The number of nitrogens with zero attached hydrogens (tertiary/aromatic N) is 3. The Hall–Kier alpha value is -4.30. The molecule has 162 valence electrons. The molecule has 33 heavy (non-hydrogen) atoms. The Labute approximate surface area is 192 Å². The highest BCUT2D eigenvalue weighted by Gasteiger charge is 2.21. The minimum atomic E-state index is -1.47. The Morgan fingerprint density at radius 2 is 1.73 bits per heavy atom. The van der Waals surface area contributed by atoms with Gasteiger partial charge in [-0.3, -0.25) is 4.79 Å². The number of benzene rings is 3. The Morgan fingerprint density at radius 3 is 2.42 bits per heavy atom. The van der Waals surface area contributed by atoms with Crippen molar-refractivity contribution in [3.05, 3.63) is 95.5 Å². The molecule has 3 aromatic carbocycles. The smallest absolute Gasteiger partial charge is 0.377 e. The number of hydrogen-bond donors (Lipinski definition) is 1. The molecular formula is C25H17N3O4S. The van der Waals surface area contributed by atoms with Crippen molar-refractivity contribution in [1.82, 2.24) is 14.2 Å². The molecule has 0 fully saturated rings. The van der Waals surface area contributed by atoms with Gasteiger partial charge in [0.05, 0.1) is 11.1 Å². The summed E-state index contributed by atoms with van der Waals surface area (Å²) >= 11 is 1.32. The van der Waals surface area contributed by atoms with Gasteiger partial charge >= 0.3 is 5.97 Å². The molecule has 0 aliphatic heterocycles. The summed E-state index contributed by atoms with van der Waals surface area (Å²) in [6.45, 7) is 0.415. The van der Waals surface area contributed by atoms with E-state index >= 15 is 0 Å². The predicted molar refractivity (Wildman–Crippen MR) is 125 cm³/mol. The number of carboxylic acid groups (broad SMARTS) is 1. The van der Waals surface area contributed by atoms with Gasteiger partial charge in [-0.05, 0) is 47.4 Å². The van der Waals surface area contributed by atoms with E-state index < -0.39 is 11.8 Å². The van der Waals surface area contributed by atoms with Crippen molar-refractivity contribution < 1.29 is 19.4 Å². The van der Waals surface area contributed by atoms with E-state index in [-0.39, 0.29) is 5.56 Å². The van der Waals surface area contributed by atoms with Crippen molar-refractivity contribution >= 4 is 34.2 Å². The molecule has 8 heteroatoms. The lowest BCUT2D eigenvalue weighted by Gasteiger charge is -2.09. The third-order valence-corrected chi connectivity index (χ3v) is 5.79. The zero-order valence-electron chi connectivity index (χ0n) is 17.2. The van der Waals surface area contributed by atoms with Crippen LogP contribution in [0.2, 0.25) is 0 Å². The second kappa shape index (κ2) is 8.68. The van der Waals surface area contributed by atoms with Crippen LogP contribution >= 0.6 is 11.5 Å². The predicted octanol–water partition coefficient (Wildman–Crippen LogP) is 5.00. The summed E-state index contributed by atoms with van der Waals surface area (Å²) < 4.78 is 11.6. The van der Waals surface area contributed by atoms with Crippen molar-refractivity contribution in [2.75, 3.05) is 0 Å². The van der Waals surface area contributed by atoms with Crippen molar-refractivity contribution in [2.45, 2.75) is 6.61 Å². The molecule has 5 aromatic rings. The van der Waals surface area contributed by atoms with Gasteiger partial charge in [-0.15, -0.1) is 5.10 Å². The Morgan fingerprint density at radius 1 is 0.970 bits per heavy atom. The fourth-order valence-electron chi connectivity index (χ4n) is 3.62. The van der Waals surface area contributed by atoms with E-state index in [9.17, 15) is 9.59 Å². The average Bonchev–Trinajstić information content (AvgIpc) is 3.52. The third kappa shape index (κ3) is 4.11. The van der Waals surface area contributed by atoms with Crippen LogP contribution in [0.3, 0.4) is 0 Å². The lowest BCUT2D eigenvalue weighted by Crippen LogP contribution is -2.12. The largest absolute Gasteiger partial charge is 0.489 e. The van der Waals surface area contributed by atoms with E-state index in [1.165, 1.54) is 11.5 Å². The first-order chi connectivity index (χ1) is 16.1. The number of para-hydroxylation sites is 1. The normalized spacial score (nSPS) is 10.9. The molecule has 0 atom stereocenters. The van der Waals surface area contributed by atoms with Gasteiger partial charge < -0.3 is 14.4 Å². The Bertz CT molecular complexity index is 1440. The molecule has 0 aliphatic carbocycles. The molecule has 0 aliphatic rings. The average molecular weight is 455 g/mol. The van der Waals surface area contributed by atoms with Crippen LogP contribution in [0.15, 0.2) is 84.4 Å². The molecule has 0 amide bonds. The second-order valence-electron chi connectivity index (χ2n) is 7.33. The number of rotatable bonds is 7. The number of ether oxygens (including phenoxy) is 1. The van der Waals surface area contributed by atoms with E-state index in [0.29, 0.717) is 17.7 Å². The van der Waals surface area contributed by atoms with Gasteiger partial charge in [-0.25, -0.2) is 4.79 Å². The van der Waals surface area contributed by atoms with Gasteiger partial charge in [-0.1, -0.05) is 47.0 Å². The number of fused-ring (bicyclic) bond motifs is 1. The van der Waals surface area contributed by atoms with E-state index in [1.807, 2.05) is 66.0 Å². The third-order valence-electron chi connectivity index (χ3n) is 5.28. The molecule has 0 spiro atoms. The van der Waals surface area contributed by atoms with Gasteiger partial charge in [0.25, 0.3) is 5.78 Å². The molecule has 0 saturated heterocycles. The van der Waals surface area contributed by atoms with Crippen LogP contribution < -0.4 is 4.74 Å². The quantitative estimate of drug-likeness (QED) is 0.274. The molecule has 2 aromatic heterocycles. The summed E-state index contributed by atoms with van der Waals surface area (Å²) in [6.07, 6.45) is 1.57. The highest BCUT2D eigenvalue weighted by atomic mass is 32.1. The van der Waals surface area contributed by atoms with Crippen LogP contribution in [0.4, 0.5) is 0 Å². The number of carbonyl (C=O) groups excluding carboxylic acids is 1. The summed E-state index contributed by atoms with van der Waals surface area (Å²) in [6, 6.07) is 22.6. The molecule has 0 radical (unpaired) electrons. The molecule has 7 nitrogen and oxygen atoms in total. The topological polar surface area (TPSA) is 94.3 Å². The molecule has 1 N–H and O–H groups in total. The SMILES string of the molecule is O=C(O)C(=O)c1cn(-c2ccc(OCc3ccc(-c4csnn4)cc3)cc2)c2ccccc12. The number of ketones is 1. The number of Topliss-reactive ketones (excluding diaryl/α,β-unsaturated/α-hetero) is 1. The summed E-state index contributed by atoms with van der Waals surface area (Å²) in [5.41, 5.74) is 4.61. The number of hydrogen-bond acceptors (Lipinski definition) is 6. The Kier molecular flexibility index (Phi) is 5.42. The van der Waals surface area contributed by atoms with Crippen LogP contribution in [-0.4, -0.2) is 31.0 Å². The monoisotopic (exact) mass is 455 g/mol. The minimum Gasteiger partial charge on any atom is -0.489 e. The number of carbonyl (C=O) groups is 2. The maximum absolute atomic E-state index is 12.1. The minimum absolute atomic E-state index is 0.162. The van der Waals surface area contributed by atoms with Crippen molar-refractivity contribution in [2.24, 2.45) is 0 Å². The summed E-state index contributed by atoms with van der Waals surface area (Å²) in [7, 11) is 0. The molecule has 2 heterocycles. The van der Waals surface area contributed by atoms with Gasteiger partial charge in [0.2, 0.25) is 0 Å². The summed E-state index contributed by atoms with van der Waals surface area (Å²) in [5, 5.41) is 15.7. The van der Waals surface area contributed by atoms with Crippen LogP contribution in [0.1, 0.15) is 15.9 Å². The number of aliphatic carboxylic acids is 1. The fourth-order valence-corrected chi connectivity index (χ4v) is 4.09. The molecule has 0 saturated carbocycles. The van der Waals surface area contributed by atoms with E-state index in [1.54, 1.807) is 22.9 Å². The van der Waals surface area contributed by atoms with Crippen molar-refractivity contribution in [3.63, 3.8) is 0 Å². The summed E-state index contributed by atoms with van der Waals surface area (Å²) in [4.78, 5) is 23.3. The van der Waals surface area contributed by atoms with Crippen LogP contribution in [-0.2, 0) is 11.4 Å². The molecule has 0 unspecified atom stereocenters. The number of carboxylic acids is 1. The van der Waals surface area contributed by atoms with Gasteiger partial charge in [0.1, 0.15) is 18.1 Å². The maximum Gasteiger partial charge on any atom is 0.377 e. The Balaban J connectivity index is 1.33.